The molecular weight excluding hydrogens is 427 g/mol. The van der Waals surface area contributed by atoms with Crippen molar-refractivity contribution in [3.05, 3.63) is 63.2 Å². The maximum Gasteiger partial charge on any atom is 0.266 e. The molecule has 0 saturated carbocycles. The van der Waals surface area contributed by atoms with Gasteiger partial charge in [-0.1, -0.05) is 38.1 Å². The van der Waals surface area contributed by atoms with Crippen LogP contribution in [0.3, 0.4) is 0 Å². The third kappa shape index (κ3) is 5.91. The van der Waals surface area contributed by atoms with Gasteiger partial charge in [-0.3, -0.25) is 4.79 Å². The van der Waals surface area contributed by atoms with Crippen LogP contribution in [-0.4, -0.2) is 12.5 Å². The van der Waals surface area contributed by atoms with Gasteiger partial charge in [0.2, 0.25) is 0 Å². The van der Waals surface area contributed by atoms with Crippen LogP contribution in [0, 0.1) is 20.8 Å². The fraction of sp³-hybridized carbons (Fsp3) is 0.200. The Hall–Kier alpha value is -2.33. The molecule has 1 amide bonds. The SMILES string of the molecule is CC(C)COc1ccc(/C=C(/C#N)C(=O)Nc2ccccc2I)cc1. The number of anilines is 1. The van der Waals surface area contributed by atoms with E-state index in [0.29, 0.717) is 18.2 Å². The number of benzene rings is 2. The first kappa shape index (κ1) is 19.0. The molecule has 25 heavy (non-hydrogen) atoms. The van der Waals surface area contributed by atoms with Crippen LogP contribution >= 0.6 is 22.6 Å². The van der Waals surface area contributed by atoms with Crippen LogP contribution < -0.4 is 10.1 Å². The average Bonchev–Trinajstić information content (AvgIpc) is 2.60. The number of ether oxygens (including phenoxy) is 1. The lowest BCUT2D eigenvalue weighted by molar-refractivity contribution is -0.112. The Morgan fingerprint density at radius 1 is 1.24 bits per heavy atom. The van der Waals surface area contributed by atoms with Crippen LogP contribution in [0.4, 0.5) is 5.69 Å². The van der Waals surface area contributed by atoms with Gasteiger partial charge in [0.25, 0.3) is 5.91 Å². The number of rotatable bonds is 6. The molecule has 0 atom stereocenters. The summed E-state index contributed by atoms with van der Waals surface area (Å²) in [6.07, 6.45) is 1.57. The molecule has 0 aliphatic rings. The number of halogens is 1. The topological polar surface area (TPSA) is 62.1 Å². The Labute approximate surface area is 161 Å². The number of nitrogens with one attached hydrogen (secondary N) is 1. The zero-order valence-corrected chi connectivity index (χ0v) is 16.3. The number of carbonyl (C=O) groups excluding carboxylic acids is 1. The highest BCUT2D eigenvalue weighted by Crippen LogP contribution is 2.19. The predicted molar refractivity (Wildman–Crippen MR) is 108 cm³/mol. The number of nitrogens with zero attached hydrogens (tertiary/aromatic N) is 1. The second-order valence-electron chi connectivity index (χ2n) is 5.88. The third-order valence-electron chi connectivity index (χ3n) is 3.26. The molecule has 0 unspecified atom stereocenters. The molecule has 0 saturated heterocycles. The Bertz CT molecular complexity index is 805. The molecule has 128 valence electrons. The van der Waals surface area contributed by atoms with E-state index >= 15 is 0 Å². The largest absolute Gasteiger partial charge is 0.493 e. The van der Waals surface area contributed by atoms with Gasteiger partial charge in [0.1, 0.15) is 17.4 Å². The van der Waals surface area contributed by atoms with Gasteiger partial charge in [-0.05, 0) is 64.4 Å². The van der Waals surface area contributed by atoms with Gasteiger partial charge in [0.15, 0.2) is 0 Å². The molecular formula is C20H19IN2O2. The van der Waals surface area contributed by atoms with Crippen LogP contribution in [0.2, 0.25) is 0 Å². The van der Waals surface area contributed by atoms with Crippen LogP contribution in [0.15, 0.2) is 54.1 Å². The van der Waals surface area contributed by atoms with Gasteiger partial charge in [0, 0.05) is 3.57 Å². The summed E-state index contributed by atoms with van der Waals surface area (Å²) in [7, 11) is 0. The summed E-state index contributed by atoms with van der Waals surface area (Å²) in [4.78, 5) is 12.3. The minimum atomic E-state index is -0.424. The summed E-state index contributed by atoms with van der Waals surface area (Å²) in [5.74, 6) is 0.800. The zero-order valence-electron chi connectivity index (χ0n) is 14.1. The van der Waals surface area contributed by atoms with E-state index in [2.05, 4.69) is 41.8 Å². The standard InChI is InChI=1S/C20H19IN2O2/c1-14(2)13-25-17-9-7-15(8-10-17)11-16(12-22)20(24)23-19-6-4-3-5-18(19)21/h3-11,14H,13H2,1-2H3,(H,23,24)/b16-11-. The van der Waals surface area contributed by atoms with Crippen molar-refractivity contribution in [2.75, 3.05) is 11.9 Å². The molecule has 1 N–H and O–H groups in total. The number of nitriles is 1. The number of amides is 1. The predicted octanol–water partition coefficient (Wildman–Crippen LogP) is 4.87. The molecule has 2 aromatic carbocycles. The third-order valence-corrected chi connectivity index (χ3v) is 4.20. The minimum absolute atomic E-state index is 0.0514. The van der Waals surface area contributed by atoms with E-state index in [9.17, 15) is 10.1 Å². The number of hydrogen-bond donors (Lipinski definition) is 1. The first-order valence-corrected chi connectivity index (χ1v) is 8.98. The molecule has 0 bridgehead atoms. The van der Waals surface area contributed by atoms with Gasteiger partial charge in [-0.25, -0.2) is 0 Å². The van der Waals surface area contributed by atoms with E-state index in [1.165, 1.54) is 0 Å². The molecule has 0 radical (unpaired) electrons. The molecule has 4 nitrogen and oxygen atoms in total. The quantitative estimate of drug-likeness (QED) is 0.391. The van der Waals surface area contributed by atoms with Crippen molar-refractivity contribution in [1.29, 1.82) is 5.26 Å². The smallest absolute Gasteiger partial charge is 0.266 e. The highest BCUT2D eigenvalue weighted by atomic mass is 127. The van der Waals surface area contributed by atoms with Crippen LogP contribution in [0.25, 0.3) is 6.08 Å². The van der Waals surface area contributed by atoms with Crippen LogP contribution in [0.5, 0.6) is 5.75 Å². The van der Waals surface area contributed by atoms with Gasteiger partial charge in [-0.2, -0.15) is 5.26 Å². The average molecular weight is 446 g/mol. The lowest BCUT2D eigenvalue weighted by Gasteiger charge is -2.09. The minimum Gasteiger partial charge on any atom is -0.493 e. The fourth-order valence-electron chi connectivity index (χ4n) is 1.99. The number of carbonyl (C=O) groups is 1. The maximum atomic E-state index is 12.3. The summed E-state index contributed by atoms with van der Waals surface area (Å²) in [6.45, 7) is 4.82. The Morgan fingerprint density at radius 3 is 2.52 bits per heavy atom. The van der Waals surface area contributed by atoms with Crippen molar-refractivity contribution in [1.82, 2.24) is 0 Å². The molecule has 0 aliphatic carbocycles. The maximum absolute atomic E-state index is 12.3. The van der Waals surface area contributed by atoms with Gasteiger partial charge in [0.05, 0.1) is 12.3 Å². The van der Waals surface area contributed by atoms with Gasteiger partial charge < -0.3 is 10.1 Å². The molecule has 0 fully saturated rings. The Kier molecular flexibility index (Phi) is 7.02. The summed E-state index contributed by atoms with van der Waals surface area (Å²) in [5.41, 5.74) is 1.51. The molecule has 0 heterocycles. The van der Waals surface area contributed by atoms with E-state index < -0.39 is 5.91 Å². The first-order chi connectivity index (χ1) is 12.0. The van der Waals surface area contributed by atoms with E-state index in [1.807, 2.05) is 48.5 Å². The normalized spacial score (nSPS) is 11.1. The van der Waals surface area contributed by atoms with Crippen molar-refractivity contribution in [2.45, 2.75) is 13.8 Å². The van der Waals surface area contributed by atoms with E-state index in [-0.39, 0.29) is 5.57 Å². The van der Waals surface area contributed by atoms with E-state index in [0.717, 1.165) is 14.9 Å². The van der Waals surface area contributed by atoms with Crippen LogP contribution in [-0.2, 0) is 4.79 Å². The fourth-order valence-corrected chi connectivity index (χ4v) is 2.51. The van der Waals surface area contributed by atoms with Crippen molar-refractivity contribution in [2.24, 2.45) is 5.92 Å². The van der Waals surface area contributed by atoms with Gasteiger partial charge >= 0.3 is 0 Å². The van der Waals surface area contributed by atoms with E-state index in [1.54, 1.807) is 12.1 Å². The number of hydrogen-bond acceptors (Lipinski definition) is 3. The lowest BCUT2D eigenvalue weighted by Crippen LogP contribution is -2.14. The molecule has 0 aliphatic heterocycles. The molecule has 2 rings (SSSR count). The Morgan fingerprint density at radius 2 is 1.92 bits per heavy atom. The zero-order chi connectivity index (χ0) is 18.2. The Balaban J connectivity index is 2.10. The lowest BCUT2D eigenvalue weighted by atomic mass is 10.1. The molecule has 5 heteroatoms. The van der Waals surface area contributed by atoms with Crippen LogP contribution in [0.1, 0.15) is 19.4 Å². The van der Waals surface area contributed by atoms with Crippen molar-refractivity contribution >= 4 is 40.3 Å². The van der Waals surface area contributed by atoms with Gasteiger partial charge in [-0.15, -0.1) is 0 Å². The summed E-state index contributed by atoms with van der Waals surface area (Å²) < 4.78 is 6.54. The number of para-hydroxylation sites is 1. The summed E-state index contributed by atoms with van der Waals surface area (Å²) in [5, 5.41) is 12.1. The molecule has 2 aromatic rings. The van der Waals surface area contributed by atoms with Crippen molar-refractivity contribution in [3.63, 3.8) is 0 Å². The molecule has 0 aromatic heterocycles. The second kappa shape index (κ2) is 9.23. The molecule has 0 spiro atoms. The highest BCUT2D eigenvalue weighted by Gasteiger charge is 2.11. The highest BCUT2D eigenvalue weighted by molar-refractivity contribution is 14.1. The monoisotopic (exact) mass is 446 g/mol. The summed E-state index contributed by atoms with van der Waals surface area (Å²) >= 11 is 2.14. The first-order valence-electron chi connectivity index (χ1n) is 7.90. The van der Waals surface area contributed by atoms with Crippen molar-refractivity contribution < 1.29 is 9.53 Å². The van der Waals surface area contributed by atoms with E-state index in [4.69, 9.17) is 4.74 Å². The van der Waals surface area contributed by atoms with Crippen molar-refractivity contribution in [3.8, 4) is 11.8 Å². The second-order valence-corrected chi connectivity index (χ2v) is 7.04. The summed E-state index contributed by atoms with van der Waals surface area (Å²) in [6, 6.07) is 16.7.